The number of benzene rings is 3. The lowest BCUT2D eigenvalue weighted by atomic mass is 10.1. The summed E-state index contributed by atoms with van der Waals surface area (Å²) in [5.74, 6) is 0.487. The summed E-state index contributed by atoms with van der Waals surface area (Å²) in [5.41, 5.74) is 1.92. The third-order valence-corrected chi connectivity index (χ3v) is 8.69. The van der Waals surface area contributed by atoms with Gasteiger partial charge in [-0.25, -0.2) is 8.42 Å². The Balaban J connectivity index is 1.20. The number of amides is 1. The summed E-state index contributed by atoms with van der Waals surface area (Å²) in [4.78, 5) is 21.3. The lowest BCUT2D eigenvalue weighted by molar-refractivity contribution is 0.0638. The van der Waals surface area contributed by atoms with E-state index in [1.54, 1.807) is 65.8 Å². The van der Waals surface area contributed by atoms with E-state index in [9.17, 15) is 13.2 Å². The molecule has 212 valence electrons. The highest BCUT2D eigenvalue weighted by atomic mass is 35.5. The van der Waals surface area contributed by atoms with Crippen LogP contribution in [0.15, 0.2) is 96.2 Å². The van der Waals surface area contributed by atoms with Crippen molar-refractivity contribution in [1.29, 1.82) is 0 Å². The van der Waals surface area contributed by atoms with Crippen LogP contribution >= 0.6 is 23.2 Å². The molecule has 1 amide bonds. The standard InChI is InChI=1S/C30H28Cl2N4O4S/c31-24-7-10-28(26(32)21-24)40-29-4-2-1-3-27(29)34-41(38,39)25-8-5-23(6-9-25)30(37)36-19-17-35(18-20-36)16-13-22-11-14-33-15-12-22/h1-12,14-15,21,34H,13,16-20H2. The lowest BCUT2D eigenvalue weighted by Gasteiger charge is -2.34. The number of carbonyl (C=O) groups excluding carboxylic acids is 1. The normalized spacial score (nSPS) is 14.0. The van der Waals surface area contributed by atoms with E-state index in [0.717, 1.165) is 26.1 Å². The molecule has 1 aliphatic rings. The van der Waals surface area contributed by atoms with E-state index < -0.39 is 10.0 Å². The minimum absolute atomic E-state index is 0.0225. The lowest BCUT2D eigenvalue weighted by Crippen LogP contribution is -2.49. The second-order valence-electron chi connectivity index (χ2n) is 9.54. The van der Waals surface area contributed by atoms with E-state index >= 15 is 0 Å². The summed E-state index contributed by atoms with van der Waals surface area (Å²) in [6.45, 7) is 3.73. The van der Waals surface area contributed by atoms with Crippen molar-refractivity contribution in [3.8, 4) is 11.5 Å². The number of hydrogen-bond donors (Lipinski definition) is 1. The largest absolute Gasteiger partial charge is 0.454 e. The smallest absolute Gasteiger partial charge is 0.262 e. The number of rotatable bonds is 9. The molecule has 0 atom stereocenters. The number of aromatic nitrogens is 1. The molecule has 2 heterocycles. The van der Waals surface area contributed by atoms with Gasteiger partial charge in [-0.05, 0) is 78.7 Å². The van der Waals surface area contributed by atoms with Gasteiger partial charge in [0.15, 0.2) is 5.75 Å². The van der Waals surface area contributed by atoms with Gasteiger partial charge >= 0.3 is 0 Å². The van der Waals surface area contributed by atoms with Crippen LogP contribution in [0.1, 0.15) is 15.9 Å². The van der Waals surface area contributed by atoms with E-state index in [0.29, 0.717) is 34.4 Å². The molecular formula is C30H28Cl2N4O4S. The van der Waals surface area contributed by atoms with Crippen LogP contribution in [0.3, 0.4) is 0 Å². The summed E-state index contributed by atoms with van der Waals surface area (Å²) in [5, 5.41) is 0.749. The summed E-state index contributed by atoms with van der Waals surface area (Å²) in [7, 11) is -3.97. The number of sulfonamides is 1. The number of hydrogen-bond acceptors (Lipinski definition) is 6. The topological polar surface area (TPSA) is 91.8 Å². The van der Waals surface area contributed by atoms with Gasteiger partial charge in [0.1, 0.15) is 5.75 Å². The summed E-state index contributed by atoms with van der Waals surface area (Å²) in [6.07, 6.45) is 4.53. The van der Waals surface area contributed by atoms with Gasteiger partial charge in [0, 0.05) is 55.7 Å². The second-order valence-corrected chi connectivity index (χ2v) is 12.1. The number of nitrogens with one attached hydrogen (secondary N) is 1. The van der Waals surface area contributed by atoms with Crippen molar-refractivity contribution in [3.05, 3.63) is 112 Å². The monoisotopic (exact) mass is 610 g/mol. The third kappa shape index (κ3) is 7.37. The van der Waals surface area contributed by atoms with Crippen LogP contribution < -0.4 is 9.46 Å². The predicted octanol–water partition coefficient (Wildman–Crippen LogP) is 5.98. The molecule has 0 spiro atoms. The summed E-state index contributed by atoms with van der Waals surface area (Å²) >= 11 is 12.2. The van der Waals surface area contributed by atoms with Gasteiger partial charge in [-0.1, -0.05) is 35.3 Å². The highest BCUT2D eigenvalue weighted by Crippen LogP contribution is 2.35. The molecule has 0 aliphatic carbocycles. The zero-order valence-electron chi connectivity index (χ0n) is 22.0. The van der Waals surface area contributed by atoms with Gasteiger partial charge in [0.25, 0.3) is 15.9 Å². The molecule has 0 bridgehead atoms. The van der Waals surface area contributed by atoms with Crippen molar-refractivity contribution in [2.45, 2.75) is 11.3 Å². The van der Waals surface area contributed by atoms with Crippen LogP contribution in [0.2, 0.25) is 10.0 Å². The fraction of sp³-hybridized carbons (Fsp3) is 0.200. The molecule has 41 heavy (non-hydrogen) atoms. The first-order valence-corrected chi connectivity index (χ1v) is 15.3. The predicted molar refractivity (Wildman–Crippen MR) is 161 cm³/mol. The molecule has 5 rings (SSSR count). The van der Waals surface area contributed by atoms with Crippen molar-refractivity contribution >= 4 is 44.8 Å². The van der Waals surface area contributed by atoms with Crippen molar-refractivity contribution in [2.24, 2.45) is 0 Å². The average Bonchev–Trinajstić information content (AvgIpc) is 2.99. The Morgan fingerprint density at radius 3 is 2.29 bits per heavy atom. The zero-order chi connectivity index (χ0) is 28.8. The van der Waals surface area contributed by atoms with E-state index in [2.05, 4.69) is 14.6 Å². The first-order valence-electron chi connectivity index (χ1n) is 13.0. The number of anilines is 1. The van der Waals surface area contributed by atoms with Crippen molar-refractivity contribution in [3.63, 3.8) is 0 Å². The maximum Gasteiger partial charge on any atom is 0.262 e. The quantitative estimate of drug-likeness (QED) is 0.250. The minimum Gasteiger partial charge on any atom is -0.454 e. The fourth-order valence-electron chi connectivity index (χ4n) is 4.49. The Hall–Kier alpha value is -3.63. The minimum atomic E-state index is -3.97. The Bertz CT molecular complexity index is 1610. The maximum absolute atomic E-state index is 13.2. The van der Waals surface area contributed by atoms with Crippen LogP contribution in [0.25, 0.3) is 0 Å². The van der Waals surface area contributed by atoms with Crippen LogP contribution in [0, 0.1) is 0 Å². The highest BCUT2D eigenvalue weighted by Gasteiger charge is 2.23. The second kappa shape index (κ2) is 12.9. The number of pyridine rings is 1. The van der Waals surface area contributed by atoms with Crippen LogP contribution in [0.5, 0.6) is 11.5 Å². The summed E-state index contributed by atoms with van der Waals surface area (Å²) < 4.78 is 34.8. The molecule has 3 aromatic carbocycles. The van der Waals surface area contributed by atoms with E-state index in [-0.39, 0.29) is 22.2 Å². The van der Waals surface area contributed by atoms with Gasteiger partial charge in [-0.3, -0.25) is 19.4 Å². The Morgan fingerprint density at radius 1 is 0.878 bits per heavy atom. The summed E-state index contributed by atoms with van der Waals surface area (Å²) in [6, 6.07) is 21.4. The number of para-hydroxylation sites is 2. The Kier molecular flexibility index (Phi) is 9.09. The molecule has 1 N–H and O–H groups in total. The first kappa shape index (κ1) is 28.9. The van der Waals surface area contributed by atoms with Crippen molar-refractivity contribution in [1.82, 2.24) is 14.8 Å². The third-order valence-electron chi connectivity index (χ3n) is 6.78. The zero-order valence-corrected chi connectivity index (χ0v) is 24.4. The molecule has 0 saturated carbocycles. The average molecular weight is 612 g/mol. The van der Waals surface area contributed by atoms with Crippen LogP contribution in [0.4, 0.5) is 5.69 Å². The van der Waals surface area contributed by atoms with Gasteiger partial charge in [0.05, 0.1) is 15.6 Å². The van der Waals surface area contributed by atoms with Crippen LogP contribution in [-0.4, -0.2) is 61.8 Å². The molecule has 4 aromatic rings. The fourth-order valence-corrected chi connectivity index (χ4v) is 6.01. The number of nitrogens with zero attached hydrogens (tertiary/aromatic N) is 3. The molecule has 0 unspecified atom stereocenters. The highest BCUT2D eigenvalue weighted by molar-refractivity contribution is 7.92. The molecule has 1 aliphatic heterocycles. The van der Waals surface area contributed by atoms with E-state index in [1.807, 2.05) is 12.1 Å². The molecule has 1 aromatic heterocycles. The number of ether oxygens (including phenoxy) is 1. The van der Waals surface area contributed by atoms with E-state index in [1.165, 1.54) is 23.8 Å². The Labute approximate surface area is 249 Å². The van der Waals surface area contributed by atoms with Crippen molar-refractivity contribution < 1.29 is 17.9 Å². The van der Waals surface area contributed by atoms with Gasteiger partial charge in [-0.2, -0.15) is 0 Å². The van der Waals surface area contributed by atoms with Gasteiger partial charge < -0.3 is 9.64 Å². The SMILES string of the molecule is O=C(c1ccc(S(=O)(=O)Nc2ccccc2Oc2ccc(Cl)cc2Cl)cc1)N1CCN(CCc2ccncc2)CC1. The molecular weight excluding hydrogens is 583 g/mol. The van der Waals surface area contributed by atoms with Crippen LogP contribution in [-0.2, 0) is 16.4 Å². The maximum atomic E-state index is 13.2. The molecule has 0 radical (unpaired) electrons. The Morgan fingerprint density at radius 2 is 1.59 bits per heavy atom. The van der Waals surface area contributed by atoms with Gasteiger partial charge in [-0.15, -0.1) is 0 Å². The van der Waals surface area contributed by atoms with Crippen molar-refractivity contribution in [2.75, 3.05) is 37.4 Å². The van der Waals surface area contributed by atoms with E-state index in [4.69, 9.17) is 27.9 Å². The molecule has 11 heteroatoms. The number of carbonyl (C=O) groups is 1. The molecule has 1 saturated heterocycles. The first-order chi connectivity index (χ1) is 19.8. The van der Waals surface area contributed by atoms with Gasteiger partial charge in [0.2, 0.25) is 0 Å². The molecule has 1 fully saturated rings. The molecule has 8 nitrogen and oxygen atoms in total. The number of piperazine rings is 1. The number of halogens is 2.